The molecule has 0 unspecified atom stereocenters. The molecule has 0 aliphatic heterocycles. The summed E-state index contributed by atoms with van der Waals surface area (Å²) < 4.78 is 10.3. The number of rotatable bonds is 8. The molecule has 0 amide bonds. The first kappa shape index (κ1) is 13.1. The van der Waals surface area contributed by atoms with E-state index in [2.05, 4.69) is 0 Å². The lowest BCUT2D eigenvalue weighted by Crippen LogP contribution is -2.09. The second-order valence-electron chi connectivity index (χ2n) is 3.02. The predicted molar refractivity (Wildman–Crippen MR) is 61.7 cm³/mol. The zero-order valence-corrected chi connectivity index (χ0v) is 9.66. The van der Waals surface area contributed by atoms with E-state index < -0.39 is 5.97 Å². The molecule has 0 aliphatic carbocycles. The highest BCUT2D eigenvalue weighted by molar-refractivity contribution is 7.98. The molecule has 0 aliphatic rings. The van der Waals surface area contributed by atoms with Gasteiger partial charge in [0.15, 0.2) is 0 Å². The van der Waals surface area contributed by atoms with Gasteiger partial charge in [-0.25, -0.2) is 4.79 Å². The van der Waals surface area contributed by atoms with Crippen LogP contribution in [0.25, 0.3) is 0 Å². The van der Waals surface area contributed by atoms with E-state index in [4.69, 9.17) is 20.0 Å². The van der Waals surface area contributed by atoms with Gasteiger partial charge in [-0.1, -0.05) is 0 Å². The number of carboxylic acid groups (broad SMARTS) is 1. The lowest BCUT2D eigenvalue weighted by molar-refractivity contribution is 0.0661. The van der Waals surface area contributed by atoms with Gasteiger partial charge in [0, 0.05) is 12.3 Å². The van der Waals surface area contributed by atoms with Gasteiger partial charge in [-0.15, -0.1) is 0 Å². The summed E-state index contributed by atoms with van der Waals surface area (Å²) in [5, 5.41) is 8.63. The average Bonchev–Trinajstić information content (AvgIpc) is 2.72. The fourth-order valence-corrected chi connectivity index (χ4v) is 1.78. The van der Waals surface area contributed by atoms with Crippen LogP contribution in [0, 0.1) is 0 Å². The van der Waals surface area contributed by atoms with Crippen molar-refractivity contribution in [2.75, 3.05) is 25.5 Å². The number of hydrogen-bond donors (Lipinski definition) is 2. The Hall–Kier alpha value is -0.980. The zero-order valence-electron chi connectivity index (χ0n) is 8.85. The van der Waals surface area contributed by atoms with E-state index in [1.165, 1.54) is 6.07 Å². The lowest BCUT2D eigenvalue weighted by atomic mass is 10.4. The van der Waals surface area contributed by atoms with E-state index in [1.54, 1.807) is 17.8 Å². The Balaban J connectivity index is 2.14. The van der Waals surface area contributed by atoms with Crippen LogP contribution in [0.5, 0.6) is 0 Å². The number of hydrogen-bond acceptors (Lipinski definition) is 5. The normalized spacial score (nSPS) is 10.6. The van der Waals surface area contributed by atoms with Gasteiger partial charge >= 0.3 is 5.97 Å². The predicted octanol–water partition coefficient (Wildman–Crippen LogP) is 1.19. The number of furan rings is 1. The monoisotopic (exact) mass is 245 g/mol. The maximum Gasteiger partial charge on any atom is 0.371 e. The fourth-order valence-electron chi connectivity index (χ4n) is 1.05. The Bertz CT molecular complexity index is 326. The fraction of sp³-hybridized carbons (Fsp3) is 0.500. The summed E-state index contributed by atoms with van der Waals surface area (Å²) >= 11 is 1.63. The molecule has 6 heteroatoms. The van der Waals surface area contributed by atoms with E-state index in [1.807, 2.05) is 0 Å². The molecule has 16 heavy (non-hydrogen) atoms. The molecule has 1 rings (SSSR count). The Labute approximate surface area is 97.9 Å². The molecule has 0 saturated heterocycles. The van der Waals surface area contributed by atoms with Crippen LogP contribution in [0.15, 0.2) is 16.5 Å². The first-order valence-corrected chi connectivity index (χ1v) is 6.07. The van der Waals surface area contributed by atoms with Gasteiger partial charge in [-0.05, 0) is 12.1 Å². The quantitative estimate of drug-likeness (QED) is 0.669. The minimum Gasteiger partial charge on any atom is -0.475 e. The van der Waals surface area contributed by atoms with E-state index in [0.29, 0.717) is 31.3 Å². The maximum atomic E-state index is 10.5. The zero-order chi connectivity index (χ0) is 11.8. The summed E-state index contributed by atoms with van der Waals surface area (Å²) in [6, 6.07) is 3.14. The Morgan fingerprint density at radius 1 is 1.50 bits per heavy atom. The largest absolute Gasteiger partial charge is 0.475 e. The van der Waals surface area contributed by atoms with E-state index >= 15 is 0 Å². The Morgan fingerprint density at radius 2 is 2.31 bits per heavy atom. The van der Waals surface area contributed by atoms with Gasteiger partial charge in [0.1, 0.15) is 5.76 Å². The number of aromatic carboxylic acids is 1. The third-order valence-electron chi connectivity index (χ3n) is 1.75. The van der Waals surface area contributed by atoms with Gasteiger partial charge in [-0.2, -0.15) is 11.8 Å². The van der Waals surface area contributed by atoms with Crippen LogP contribution in [0.1, 0.15) is 16.3 Å². The van der Waals surface area contributed by atoms with Crippen molar-refractivity contribution >= 4 is 17.7 Å². The molecular weight excluding hydrogens is 230 g/mol. The van der Waals surface area contributed by atoms with Crippen LogP contribution < -0.4 is 5.73 Å². The van der Waals surface area contributed by atoms with Crippen LogP contribution in [0.3, 0.4) is 0 Å². The summed E-state index contributed by atoms with van der Waals surface area (Å²) in [7, 11) is 0. The van der Waals surface area contributed by atoms with Crippen LogP contribution in [0.2, 0.25) is 0 Å². The molecule has 0 spiro atoms. The van der Waals surface area contributed by atoms with Crippen molar-refractivity contribution in [3.8, 4) is 0 Å². The molecule has 0 aromatic carbocycles. The second-order valence-corrected chi connectivity index (χ2v) is 4.13. The number of ether oxygens (including phenoxy) is 1. The number of carbonyl (C=O) groups is 1. The molecule has 1 aromatic heterocycles. The highest BCUT2D eigenvalue weighted by atomic mass is 32.2. The van der Waals surface area contributed by atoms with Crippen molar-refractivity contribution in [1.82, 2.24) is 0 Å². The summed E-state index contributed by atoms with van der Waals surface area (Å²) in [6.07, 6.45) is 0. The summed E-state index contributed by atoms with van der Waals surface area (Å²) in [6.45, 7) is 1.75. The highest BCUT2D eigenvalue weighted by Crippen LogP contribution is 2.15. The van der Waals surface area contributed by atoms with Crippen molar-refractivity contribution < 1.29 is 19.1 Å². The molecule has 0 atom stereocenters. The number of nitrogens with two attached hydrogens (primary N) is 1. The first-order valence-electron chi connectivity index (χ1n) is 4.91. The van der Waals surface area contributed by atoms with Crippen LogP contribution in [0.4, 0.5) is 0 Å². The smallest absolute Gasteiger partial charge is 0.371 e. The SMILES string of the molecule is NCCOCCSCc1ccc(C(=O)O)o1. The van der Waals surface area contributed by atoms with Gasteiger partial charge < -0.3 is 20.0 Å². The highest BCUT2D eigenvalue weighted by Gasteiger charge is 2.08. The molecule has 0 fully saturated rings. The molecular formula is C10H15NO4S. The molecule has 3 N–H and O–H groups in total. The molecule has 90 valence electrons. The Morgan fingerprint density at radius 3 is 2.94 bits per heavy atom. The summed E-state index contributed by atoms with van der Waals surface area (Å²) in [5.74, 6) is 1.10. The second kappa shape index (κ2) is 7.32. The molecule has 5 nitrogen and oxygen atoms in total. The van der Waals surface area contributed by atoms with E-state index in [9.17, 15) is 4.79 Å². The van der Waals surface area contributed by atoms with Crippen molar-refractivity contribution in [3.05, 3.63) is 23.7 Å². The Kier molecular flexibility index (Phi) is 5.99. The van der Waals surface area contributed by atoms with Crippen molar-refractivity contribution in [1.29, 1.82) is 0 Å². The molecule has 1 aromatic rings. The molecule has 0 saturated carbocycles. The third-order valence-corrected chi connectivity index (χ3v) is 2.69. The van der Waals surface area contributed by atoms with Crippen LogP contribution in [-0.2, 0) is 10.5 Å². The van der Waals surface area contributed by atoms with Gasteiger partial charge in [0.2, 0.25) is 5.76 Å². The van der Waals surface area contributed by atoms with Crippen molar-refractivity contribution in [2.45, 2.75) is 5.75 Å². The number of thioether (sulfide) groups is 1. The van der Waals surface area contributed by atoms with Gasteiger partial charge in [0.25, 0.3) is 0 Å². The third kappa shape index (κ3) is 4.69. The molecule has 0 radical (unpaired) electrons. The van der Waals surface area contributed by atoms with Crippen LogP contribution >= 0.6 is 11.8 Å². The summed E-state index contributed by atoms with van der Waals surface area (Å²) in [4.78, 5) is 10.5. The average molecular weight is 245 g/mol. The van der Waals surface area contributed by atoms with Crippen molar-refractivity contribution in [2.24, 2.45) is 5.73 Å². The van der Waals surface area contributed by atoms with Gasteiger partial charge in [-0.3, -0.25) is 0 Å². The molecule has 0 bridgehead atoms. The minimum absolute atomic E-state index is 0.0185. The number of carboxylic acids is 1. The molecule has 1 heterocycles. The first-order chi connectivity index (χ1) is 7.74. The minimum atomic E-state index is -1.04. The lowest BCUT2D eigenvalue weighted by Gasteiger charge is -2.01. The van der Waals surface area contributed by atoms with Crippen molar-refractivity contribution in [3.63, 3.8) is 0 Å². The topological polar surface area (TPSA) is 85.7 Å². The summed E-state index contributed by atoms with van der Waals surface area (Å²) in [5.41, 5.74) is 5.26. The van der Waals surface area contributed by atoms with Gasteiger partial charge in [0.05, 0.1) is 19.0 Å². The standard InChI is InChI=1S/C10H15NO4S/c11-3-4-14-5-6-16-7-8-1-2-9(15-8)10(12)13/h1-2H,3-7,11H2,(H,12,13). The van der Waals surface area contributed by atoms with E-state index in [0.717, 1.165) is 5.75 Å². The van der Waals surface area contributed by atoms with Crippen LogP contribution in [-0.4, -0.2) is 36.6 Å². The van der Waals surface area contributed by atoms with E-state index in [-0.39, 0.29) is 5.76 Å². The maximum absolute atomic E-state index is 10.5.